The van der Waals surface area contributed by atoms with Crippen molar-refractivity contribution >= 4 is 28.6 Å². The average molecular weight is 403 g/mol. The number of thiazole rings is 1. The summed E-state index contributed by atoms with van der Waals surface area (Å²) in [5.41, 5.74) is 0.0834. The third kappa shape index (κ3) is 2.97. The Morgan fingerprint density at radius 1 is 1.30 bits per heavy atom. The topological polar surface area (TPSA) is 62.2 Å². The van der Waals surface area contributed by atoms with E-state index >= 15 is 0 Å². The minimum absolute atomic E-state index is 0.133. The van der Waals surface area contributed by atoms with Crippen molar-refractivity contribution in [2.75, 3.05) is 0 Å². The molecule has 144 valence electrons. The van der Waals surface area contributed by atoms with E-state index in [9.17, 15) is 9.90 Å². The second-order valence-corrected chi connectivity index (χ2v) is 11.0. The van der Waals surface area contributed by atoms with Crippen LogP contribution in [0.25, 0.3) is 9.88 Å². The molecule has 4 unspecified atom stereocenters. The molecule has 4 nitrogen and oxygen atoms in total. The number of hydrogen-bond donors (Lipinski definition) is 2. The maximum atomic E-state index is 13.3. The normalized spacial score (nSPS) is 36.9. The smallest absolute Gasteiger partial charge is 0.226 e. The molecule has 0 radical (unpaired) electrons. The van der Waals surface area contributed by atoms with Crippen molar-refractivity contribution in [3.63, 3.8) is 0 Å². The summed E-state index contributed by atoms with van der Waals surface area (Å²) >= 11 is 3.32. The van der Waals surface area contributed by atoms with Gasteiger partial charge in [-0.05, 0) is 61.3 Å². The molecule has 6 heteroatoms. The molecule has 4 aliphatic rings. The van der Waals surface area contributed by atoms with Crippen molar-refractivity contribution in [3.05, 3.63) is 28.6 Å². The number of aliphatic hydroxyl groups is 1. The number of nitrogens with zero attached hydrogens (tertiary/aromatic N) is 1. The van der Waals surface area contributed by atoms with Crippen LogP contribution >= 0.6 is 22.7 Å². The molecule has 2 aromatic rings. The molecular formula is C21H26N2O2S2. The fourth-order valence-electron chi connectivity index (χ4n) is 6.49. The Morgan fingerprint density at radius 2 is 2.19 bits per heavy atom. The molecule has 6 rings (SSSR count). The number of amides is 1. The van der Waals surface area contributed by atoms with E-state index < -0.39 is 5.60 Å². The van der Waals surface area contributed by atoms with Crippen LogP contribution in [0, 0.1) is 16.7 Å². The predicted molar refractivity (Wildman–Crippen MR) is 109 cm³/mol. The number of nitrogens with one attached hydrogen (secondary N) is 1. The zero-order valence-electron chi connectivity index (χ0n) is 15.7. The SMILES string of the molecule is CCC12CC3CC(O)(C1)CC(C(=O)NCc1csc(-c4cccs4)n1)(C3)C2. The van der Waals surface area contributed by atoms with Crippen molar-refractivity contribution in [1.29, 1.82) is 0 Å². The van der Waals surface area contributed by atoms with Gasteiger partial charge < -0.3 is 10.4 Å². The molecule has 4 bridgehead atoms. The highest BCUT2D eigenvalue weighted by molar-refractivity contribution is 7.20. The first-order valence-electron chi connectivity index (χ1n) is 9.92. The summed E-state index contributed by atoms with van der Waals surface area (Å²) in [5, 5.41) is 19.4. The summed E-state index contributed by atoms with van der Waals surface area (Å²) < 4.78 is 0. The van der Waals surface area contributed by atoms with Crippen LogP contribution in [0.3, 0.4) is 0 Å². The number of rotatable bonds is 5. The lowest BCUT2D eigenvalue weighted by molar-refractivity contribution is -0.204. The van der Waals surface area contributed by atoms with Gasteiger partial charge in [0.15, 0.2) is 0 Å². The fourth-order valence-corrected chi connectivity index (χ4v) is 8.13. The largest absolute Gasteiger partial charge is 0.390 e. The van der Waals surface area contributed by atoms with Gasteiger partial charge in [0.05, 0.1) is 28.1 Å². The molecule has 2 N–H and O–H groups in total. The first-order valence-corrected chi connectivity index (χ1v) is 11.7. The van der Waals surface area contributed by atoms with Crippen LogP contribution < -0.4 is 5.32 Å². The zero-order chi connectivity index (χ0) is 18.7. The van der Waals surface area contributed by atoms with E-state index in [1.807, 2.05) is 11.4 Å². The fraction of sp³-hybridized carbons (Fsp3) is 0.619. The summed E-state index contributed by atoms with van der Waals surface area (Å²) in [6.07, 6.45) is 6.56. The maximum absolute atomic E-state index is 13.3. The quantitative estimate of drug-likeness (QED) is 0.768. The van der Waals surface area contributed by atoms with Gasteiger partial charge in [0.1, 0.15) is 5.01 Å². The molecule has 1 amide bonds. The lowest BCUT2D eigenvalue weighted by Crippen LogP contribution is -2.63. The Bertz CT molecular complexity index is 863. The molecule has 0 saturated heterocycles. The van der Waals surface area contributed by atoms with Crippen molar-refractivity contribution in [2.45, 2.75) is 64.0 Å². The Kier molecular flexibility index (Phi) is 4.05. The highest BCUT2D eigenvalue weighted by Gasteiger charge is 2.64. The predicted octanol–water partition coefficient (Wildman–Crippen LogP) is 4.60. The van der Waals surface area contributed by atoms with Gasteiger partial charge in [0.25, 0.3) is 0 Å². The lowest BCUT2D eigenvalue weighted by atomic mass is 9.42. The summed E-state index contributed by atoms with van der Waals surface area (Å²) in [7, 11) is 0. The monoisotopic (exact) mass is 402 g/mol. The molecular weight excluding hydrogens is 376 g/mol. The van der Waals surface area contributed by atoms with Gasteiger partial charge >= 0.3 is 0 Å². The zero-order valence-corrected chi connectivity index (χ0v) is 17.3. The molecule has 27 heavy (non-hydrogen) atoms. The first kappa shape index (κ1) is 17.8. The van der Waals surface area contributed by atoms with Gasteiger partial charge in [-0.3, -0.25) is 4.79 Å². The molecule has 2 heterocycles. The highest BCUT2D eigenvalue weighted by Crippen LogP contribution is 2.67. The second-order valence-electron chi connectivity index (χ2n) is 9.17. The van der Waals surface area contributed by atoms with E-state index in [1.165, 1.54) is 11.3 Å². The lowest BCUT2D eigenvalue weighted by Gasteiger charge is -2.64. The Labute approximate surface area is 168 Å². The van der Waals surface area contributed by atoms with E-state index in [2.05, 4.69) is 28.7 Å². The van der Waals surface area contributed by atoms with Gasteiger partial charge in [0, 0.05) is 5.38 Å². The van der Waals surface area contributed by atoms with Gasteiger partial charge in [-0.15, -0.1) is 22.7 Å². The number of hydrogen-bond acceptors (Lipinski definition) is 5. The summed E-state index contributed by atoms with van der Waals surface area (Å²) in [6, 6.07) is 4.11. The number of aromatic nitrogens is 1. The third-order valence-corrected chi connectivity index (χ3v) is 9.03. The van der Waals surface area contributed by atoms with Crippen LogP contribution in [0.5, 0.6) is 0 Å². The number of carbonyl (C=O) groups is 1. The molecule has 2 aromatic heterocycles. The standard InChI is InChI=1S/C21H26N2O2S2/c1-2-19-6-14-7-20(11-19,13-21(25,8-14)12-19)18(24)22-9-15-10-27-17(23-15)16-4-3-5-26-16/h3-5,10,14,25H,2,6-9,11-13H2,1H3,(H,22,24). The molecule has 4 atom stereocenters. The van der Waals surface area contributed by atoms with Crippen LogP contribution in [0.4, 0.5) is 0 Å². The Hall–Kier alpha value is -1.24. The van der Waals surface area contributed by atoms with E-state index in [1.54, 1.807) is 22.7 Å². The molecule has 0 aliphatic heterocycles. The molecule has 4 aliphatic carbocycles. The van der Waals surface area contributed by atoms with Gasteiger partial charge in [-0.25, -0.2) is 4.98 Å². The van der Waals surface area contributed by atoms with Crippen LogP contribution in [0.2, 0.25) is 0 Å². The Morgan fingerprint density at radius 3 is 2.93 bits per heavy atom. The van der Waals surface area contributed by atoms with E-state index in [4.69, 9.17) is 0 Å². The Balaban J connectivity index is 1.31. The molecule has 4 saturated carbocycles. The molecule has 4 fully saturated rings. The van der Waals surface area contributed by atoms with Crippen molar-refractivity contribution < 1.29 is 9.90 Å². The van der Waals surface area contributed by atoms with Gasteiger partial charge in [0.2, 0.25) is 5.91 Å². The van der Waals surface area contributed by atoms with E-state index in [-0.39, 0.29) is 16.7 Å². The summed E-state index contributed by atoms with van der Waals surface area (Å²) in [6.45, 7) is 2.70. The molecule has 0 spiro atoms. The summed E-state index contributed by atoms with van der Waals surface area (Å²) in [4.78, 5) is 19.1. The maximum Gasteiger partial charge on any atom is 0.226 e. The highest BCUT2D eigenvalue weighted by atomic mass is 32.1. The van der Waals surface area contributed by atoms with Crippen LogP contribution in [-0.4, -0.2) is 21.6 Å². The van der Waals surface area contributed by atoms with Gasteiger partial charge in [-0.1, -0.05) is 19.4 Å². The number of thiophene rings is 1. The van der Waals surface area contributed by atoms with E-state index in [0.717, 1.165) is 42.8 Å². The van der Waals surface area contributed by atoms with Crippen molar-refractivity contribution in [1.82, 2.24) is 10.3 Å². The summed E-state index contributed by atoms with van der Waals surface area (Å²) in [5.74, 6) is 0.634. The van der Waals surface area contributed by atoms with Crippen LogP contribution in [0.15, 0.2) is 22.9 Å². The van der Waals surface area contributed by atoms with Gasteiger partial charge in [-0.2, -0.15) is 0 Å². The number of carbonyl (C=O) groups excluding carboxylic acids is 1. The first-order chi connectivity index (χ1) is 12.9. The second kappa shape index (κ2) is 6.13. The van der Waals surface area contributed by atoms with E-state index in [0.29, 0.717) is 18.9 Å². The minimum atomic E-state index is -0.625. The van der Waals surface area contributed by atoms with Crippen molar-refractivity contribution in [3.8, 4) is 9.88 Å². The third-order valence-electron chi connectivity index (χ3n) is 7.10. The van der Waals surface area contributed by atoms with Crippen molar-refractivity contribution in [2.24, 2.45) is 16.7 Å². The molecule has 0 aromatic carbocycles. The minimum Gasteiger partial charge on any atom is -0.390 e. The average Bonchev–Trinajstić information content (AvgIpc) is 3.29. The van der Waals surface area contributed by atoms with Crippen LogP contribution in [-0.2, 0) is 11.3 Å². The van der Waals surface area contributed by atoms with Crippen LogP contribution in [0.1, 0.15) is 57.6 Å².